The molecule has 7 heteroatoms. The van der Waals surface area contributed by atoms with Gasteiger partial charge in [-0.2, -0.15) is 0 Å². The van der Waals surface area contributed by atoms with Gasteiger partial charge in [0.2, 0.25) is 5.91 Å². The molecule has 1 amide bonds. The highest BCUT2D eigenvalue weighted by Gasteiger charge is 2.30. The van der Waals surface area contributed by atoms with Crippen LogP contribution in [0, 0.1) is 5.92 Å². The third kappa shape index (κ3) is 6.68. The van der Waals surface area contributed by atoms with Gasteiger partial charge in [0.15, 0.2) is 0 Å². The lowest BCUT2D eigenvalue weighted by Crippen LogP contribution is -2.51. The van der Waals surface area contributed by atoms with E-state index >= 15 is 0 Å². The number of halogens is 1. The van der Waals surface area contributed by atoms with Gasteiger partial charge in [0.05, 0.1) is 0 Å². The van der Waals surface area contributed by atoms with E-state index in [1.807, 2.05) is 24.5 Å². The van der Waals surface area contributed by atoms with Gasteiger partial charge in [-0.25, -0.2) is 0 Å². The van der Waals surface area contributed by atoms with Crippen molar-refractivity contribution in [2.75, 3.05) is 39.3 Å². The molecule has 2 aliphatic heterocycles. The largest absolute Gasteiger partial charge is 0.340 e. The summed E-state index contributed by atoms with van der Waals surface area (Å²) < 4.78 is 0. The minimum Gasteiger partial charge on any atom is -0.340 e. The standard InChI is InChI=1S/C29H33ClN4OS/c30-26-5-7-27(8-6-26)36-28-4-2-1-3-25(28)22-33-17-19-34(20-18-33)29(35)24-11-15-32(16-12-24)21-23-9-13-31-14-10-23/h1-10,13-14,24H,11-12,15-22H2. The summed E-state index contributed by atoms with van der Waals surface area (Å²) in [6.07, 6.45) is 5.61. The van der Waals surface area contributed by atoms with Crippen LogP contribution in [0.2, 0.25) is 5.02 Å². The normalized spacial score (nSPS) is 17.9. The number of nitrogens with zero attached hydrogens (tertiary/aromatic N) is 4. The highest BCUT2D eigenvalue weighted by Crippen LogP contribution is 2.32. The summed E-state index contributed by atoms with van der Waals surface area (Å²) in [6.45, 7) is 7.32. The summed E-state index contributed by atoms with van der Waals surface area (Å²) in [6, 6.07) is 20.8. The molecule has 2 aromatic carbocycles. The van der Waals surface area contributed by atoms with E-state index in [1.165, 1.54) is 20.9 Å². The van der Waals surface area contributed by atoms with Crippen molar-refractivity contribution in [2.45, 2.75) is 35.7 Å². The highest BCUT2D eigenvalue weighted by atomic mass is 35.5. The minimum absolute atomic E-state index is 0.168. The zero-order valence-corrected chi connectivity index (χ0v) is 22.1. The summed E-state index contributed by atoms with van der Waals surface area (Å²) in [5.74, 6) is 0.527. The number of benzene rings is 2. The predicted octanol–water partition coefficient (Wildman–Crippen LogP) is 5.44. The number of pyridine rings is 1. The Kier molecular flexibility index (Phi) is 8.59. The van der Waals surface area contributed by atoms with Gasteiger partial charge in [-0.1, -0.05) is 41.6 Å². The topological polar surface area (TPSA) is 39.7 Å². The zero-order chi connectivity index (χ0) is 24.7. The third-order valence-electron chi connectivity index (χ3n) is 7.18. The van der Waals surface area contributed by atoms with E-state index in [9.17, 15) is 4.79 Å². The van der Waals surface area contributed by atoms with Gasteiger partial charge >= 0.3 is 0 Å². The molecule has 188 valence electrons. The summed E-state index contributed by atoms with van der Waals surface area (Å²) in [5.41, 5.74) is 2.62. The first-order valence-electron chi connectivity index (χ1n) is 12.8. The number of carbonyl (C=O) groups excluding carboxylic acids is 1. The van der Waals surface area contributed by atoms with Crippen molar-refractivity contribution < 1.29 is 4.79 Å². The lowest BCUT2D eigenvalue weighted by Gasteiger charge is -2.38. The van der Waals surface area contributed by atoms with Gasteiger partial charge in [0.25, 0.3) is 0 Å². The van der Waals surface area contributed by atoms with E-state index in [-0.39, 0.29) is 5.92 Å². The van der Waals surface area contributed by atoms with Crippen LogP contribution < -0.4 is 0 Å². The van der Waals surface area contributed by atoms with Crippen molar-refractivity contribution in [3.8, 4) is 0 Å². The van der Waals surface area contributed by atoms with Gasteiger partial charge in [-0.05, 0) is 79.5 Å². The Hall–Kier alpha value is -2.38. The third-order valence-corrected chi connectivity index (χ3v) is 8.56. The number of rotatable bonds is 7. The smallest absolute Gasteiger partial charge is 0.225 e. The van der Waals surface area contributed by atoms with Crippen molar-refractivity contribution in [3.05, 3.63) is 89.2 Å². The first-order valence-corrected chi connectivity index (χ1v) is 14.0. The van der Waals surface area contributed by atoms with Crippen LogP contribution in [0.5, 0.6) is 0 Å². The van der Waals surface area contributed by atoms with E-state index in [1.54, 1.807) is 11.8 Å². The Morgan fingerprint density at radius 3 is 2.22 bits per heavy atom. The number of hydrogen-bond acceptors (Lipinski definition) is 5. The molecule has 2 fully saturated rings. The van der Waals surface area contributed by atoms with Crippen molar-refractivity contribution in [3.63, 3.8) is 0 Å². The van der Waals surface area contributed by atoms with E-state index in [2.05, 4.69) is 68.2 Å². The van der Waals surface area contributed by atoms with Gasteiger partial charge in [-0.3, -0.25) is 19.6 Å². The molecule has 0 N–H and O–H groups in total. The van der Waals surface area contributed by atoms with Crippen LogP contribution in [-0.2, 0) is 17.9 Å². The molecule has 5 rings (SSSR count). The van der Waals surface area contributed by atoms with Crippen LogP contribution in [0.4, 0.5) is 0 Å². The molecule has 0 radical (unpaired) electrons. The molecule has 0 saturated carbocycles. The van der Waals surface area contributed by atoms with Crippen molar-refractivity contribution in [1.82, 2.24) is 19.7 Å². The maximum absolute atomic E-state index is 13.2. The lowest BCUT2D eigenvalue weighted by molar-refractivity contribution is -0.139. The molecule has 5 nitrogen and oxygen atoms in total. The lowest BCUT2D eigenvalue weighted by atomic mass is 9.94. The van der Waals surface area contributed by atoms with Crippen molar-refractivity contribution >= 4 is 29.3 Å². The number of aromatic nitrogens is 1. The average molecular weight is 521 g/mol. The molecule has 1 aromatic heterocycles. The second kappa shape index (κ2) is 12.2. The molecular formula is C29H33ClN4OS. The van der Waals surface area contributed by atoms with E-state index in [0.717, 1.165) is 70.2 Å². The predicted molar refractivity (Wildman–Crippen MR) is 146 cm³/mol. The fourth-order valence-corrected chi connectivity index (χ4v) is 6.14. The molecule has 0 unspecified atom stereocenters. The van der Waals surface area contributed by atoms with E-state index < -0.39 is 0 Å². The van der Waals surface area contributed by atoms with Crippen LogP contribution in [0.25, 0.3) is 0 Å². The Morgan fingerprint density at radius 1 is 0.833 bits per heavy atom. The highest BCUT2D eigenvalue weighted by molar-refractivity contribution is 7.99. The quantitative estimate of drug-likeness (QED) is 0.414. The first-order chi connectivity index (χ1) is 17.6. The molecule has 0 bridgehead atoms. The number of likely N-dealkylation sites (tertiary alicyclic amines) is 1. The van der Waals surface area contributed by atoms with Crippen LogP contribution in [0.1, 0.15) is 24.0 Å². The second-order valence-corrected chi connectivity index (χ2v) is 11.2. The first kappa shape index (κ1) is 25.3. The second-order valence-electron chi connectivity index (χ2n) is 9.67. The molecule has 36 heavy (non-hydrogen) atoms. The minimum atomic E-state index is 0.168. The van der Waals surface area contributed by atoms with Crippen LogP contribution in [-0.4, -0.2) is 64.9 Å². The van der Waals surface area contributed by atoms with E-state index in [4.69, 9.17) is 11.6 Å². The Morgan fingerprint density at radius 2 is 1.50 bits per heavy atom. The molecular weight excluding hydrogens is 488 g/mol. The van der Waals surface area contributed by atoms with Gasteiger partial charge in [0, 0.05) is 72.4 Å². The molecule has 2 aliphatic rings. The van der Waals surface area contributed by atoms with E-state index in [0.29, 0.717) is 5.91 Å². The van der Waals surface area contributed by atoms with Crippen LogP contribution in [0.3, 0.4) is 0 Å². The zero-order valence-electron chi connectivity index (χ0n) is 20.6. The summed E-state index contributed by atoms with van der Waals surface area (Å²) >= 11 is 7.83. The molecule has 3 heterocycles. The molecule has 0 aliphatic carbocycles. The summed E-state index contributed by atoms with van der Waals surface area (Å²) in [4.78, 5) is 26.8. The molecule has 3 aromatic rings. The van der Waals surface area contributed by atoms with Gasteiger partial charge < -0.3 is 4.90 Å². The monoisotopic (exact) mass is 520 g/mol. The Balaban J connectivity index is 1.09. The average Bonchev–Trinajstić information content (AvgIpc) is 2.92. The number of carbonyl (C=O) groups is 1. The Labute approximate surface area is 223 Å². The number of hydrogen-bond donors (Lipinski definition) is 0. The summed E-state index contributed by atoms with van der Waals surface area (Å²) in [7, 11) is 0. The van der Waals surface area contributed by atoms with Gasteiger partial charge in [0.1, 0.15) is 0 Å². The fraction of sp³-hybridized carbons (Fsp3) is 0.379. The fourth-order valence-electron chi connectivity index (χ4n) is 5.07. The maximum Gasteiger partial charge on any atom is 0.225 e. The molecule has 0 atom stereocenters. The van der Waals surface area contributed by atoms with Gasteiger partial charge in [-0.15, -0.1) is 0 Å². The number of amides is 1. The van der Waals surface area contributed by atoms with Crippen LogP contribution in [0.15, 0.2) is 82.8 Å². The summed E-state index contributed by atoms with van der Waals surface area (Å²) in [5, 5.41) is 0.760. The maximum atomic E-state index is 13.2. The number of piperazine rings is 1. The SMILES string of the molecule is O=C(C1CCN(Cc2ccncc2)CC1)N1CCN(Cc2ccccc2Sc2ccc(Cl)cc2)CC1. The Bertz CT molecular complexity index is 1130. The molecule has 0 spiro atoms. The van der Waals surface area contributed by atoms with Crippen LogP contribution >= 0.6 is 23.4 Å². The van der Waals surface area contributed by atoms with Crippen molar-refractivity contribution in [1.29, 1.82) is 0 Å². The van der Waals surface area contributed by atoms with Crippen molar-refractivity contribution in [2.24, 2.45) is 5.92 Å². The number of piperidine rings is 1. The molecule has 2 saturated heterocycles.